The normalized spacial score (nSPS) is 10.7. The lowest BCUT2D eigenvalue weighted by Gasteiger charge is -2.09. The number of carbonyl (C=O) groups is 1. The maximum Gasteiger partial charge on any atom is 0.323 e. The van der Waals surface area contributed by atoms with Crippen LogP contribution in [0.2, 0.25) is 0 Å². The van der Waals surface area contributed by atoms with Crippen LogP contribution in [0.5, 0.6) is 0 Å². The van der Waals surface area contributed by atoms with Crippen LogP contribution in [-0.4, -0.2) is 25.8 Å². The van der Waals surface area contributed by atoms with Gasteiger partial charge in [0.25, 0.3) is 0 Å². The molecule has 2 aromatic carbocycles. The maximum atomic E-state index is 12.2. The molecule has 7 heteroatoms. The summed E-state index contributed by atoms with van der Waals surface area (Å²) in [4.78, 5) is 21.2. The molecule has 0 fully saturated rings. The van der Waals surface area contributed by atoms with Crippen molar-refractivity contribution in [2.75, 3.05) is 10.6 Å². The second-order valence-electron chi connectivity index (χ2n) is 6.31. The number of fused-ring (bicyclic) bond motifs is 1. The first-order valence-corrected chi connectivity index (χ1v) is 8.47. The quantitative estimate of drug-likeness (QED) is 0.580. The Balaban J connectivity index is 1.51. The van der Waals surface area contributed by atoms with E-state index in [0.29, 0.717) is 11.2 Å². The van der Waals surface area contributed by atoms with Crippen LogP contribution in [0.15, 0.2) is 61.1 Å². The number of hydrogen-bond acceptors (Lipinski definition) is 4. The number of benzene rings is 2. The summed E-state index contributed by atoms with van der Waals surface area (Å²) in [6.45, 7) is 2.00. The van der Waals surface area contributed by atoms with Gasteiger partial charge in [0.2, 0.25) is 0 Å². The molecule has 0 aliphatic rings. The first-order valence-electron chi connectivity index (χ1n) is 8.47. The fourth-order valence-corrected chi connectivity index (χ4v) is 2.71. The SMILES string of the molecule is Cc1ccc(NC(=O)Nc2ccc3nc(-c4cnn(C)c4)cnc3c2)cc1. The largest absolute Gasteiger partial charge is 0.323 e. The van der Waals surface area contributed by atoms with Crippen molar-refractivity contribution in [3.05, 3.63) is 66.6 Å². The smallest absolute Gasteiger partial charge is 0.308 e. The Morgan fingerprint density at radius 1 is 0.963 bits per heavy atom. The molecule has 2 amide bonds. The average Bonchev–Trinajstić information content (AvgIpc) is 3.09. The van der Waals surface area contributed by atoms with Crippen molar-refractivity contribution < 1.29 is 4.79 Å². The fourth-order valence-electron chi connectivity index (χ4n) is 2.71. The van der Waals surface area contributed by atoms with E-state index in [0.717, 1.165) is 28.0 Å². The third-order valence-corrected chi connectivity index (χ3v) is 4.11. The number of nitrogens with one attached hydrogen (secondary N) is 2. The van der Waals surface area contributed by atoms with Gasteiger partial charge >= 0.3 is 6.03 Å². The topological polar surface area (TPSA) is 84.7 Å². The summed E-state index contributed by atoms with van der Waals surface area (Å²) in [5, 5.41) is 9.77. The molecule has 27 heavy (non-hydrogen) atoms. The standard InChI is InChI=1S/C20H18N6O/c1-13-3-5-15(6-4-13)23-20(27)24-16-7-8-17-18(9-16)21-11-19(25-17)14-10-22-26(2)12-14/h3-12H,1-2H3,(H2,23,24,27). The lowest BCUT2D eigenvalue weighted by molar-refractivity contribution is 0.262. The highest BCUT2D eigenvalue weighted by molar-refractivity contribution is 6.00. The van der Waals surface area contributed by atoms with Crippen LogP contribution in [-0.2, 0) is 7.05 Å². The average molecular weight is 358 g/mol. The summed E-state index contributed by atoms with van der Waals surface area (Å²) in [7, 11) is 1.86. The second-order valence-corrected chi connectivity index (χ2v) is 6.31. The van der Waals surface area contributed by atoms with Gasteiger partial charge < -0.3 is 10.6 Å². The highest BCUT2D eigenvalue weighted by Crippen LogP contribution is 2.21. The zero-order chi connectivity index (χ0) is 18.8. The Morgan fingerprint density at radius 2 is 1.70 bits per heavy atom. The number of nitrogens with zero attached hydrogens (tertiary/aromatic N) is 4. The molecule has 7 nitrogen and oxygen atoms in total. The van der Waals surface area contributed by atoms with E-state index in [9.17, 15) is 4.79 Å². The number of aryl methyl sites for hydroxylation is 2. The van der Waals surface area contributed by atoms with Crippen molar-refractivity contribution in [3.63, 3.8) is 0 Å². The lowest BCUT2D eigenvalue weighted by Crippen LogP contribution is -2.19. The van der Waals surface area contributed by atoms with Gasteiger partial charge in [0.05, 0.1) is 29.1 Å². The molecule has 0 unspecified atom stereocenters. The fraction of sp³-hybridized carbons (Fsp3) is 0.100. The molecule has 2 N–H and O–H groups in total. The highest BCUT2D eigenvalue weighted by Gasteiger charge is 2.07. The van der Waals surface area contributed by atoms with Crippen molar-refractivity contribution in [1.29, 1.82) is 0 Å². The first-order chi connectivity index (χ1) is 13.1. The molecule has 134 valence electrons. The monoisotopic (exact) mass is 358 g/mol. The van der Waals surface area contributed by atoms with Gasteiger partial charge in [0, 0.05) is 30.2 Å². The number of carbonyl (C=O) groups excluding carboxylic acids is 1. The van der Waals surface area contributed by atoms with Crippen LogP contribution in [0.25, 0.3) is 22.3 Å². The van der Waals surface area contributed by atoms with Gasteiger partial charge in [-0.25, -0.2) is 9.78 Å². The van der Waals surface area contributed by atoms with Gasteiger partial charge in [-0.1, -0.05) is 17.7 Å². The first kappa shape index (κ1) is 16.7. The summed E-state index contributed by atoms with van der Waals surface area (Å²) in [6, 6.07) is 12.7. The molecule has 0 atom stereocenters. The molecule has 2 heterocycles. The second kappa shape index (κ2) is 6.87. The van der Waals surface area contributed by atoms with Crippen molar-refractivity contribution in [2.45, 2.75) is 6.92 Å². The molecule has 0 aliphatic heterocycles. The number of urea groups is 1. The minimum absolute atomic E-state index is 0.307. The van der Waals surface area contributed by atoms with Crippen LogP contribution < -0.4 is 10.6 Å². The zero-order valence-corrected chi connectivity index (χ0v) is 15.0. The number of rotatable bonds is 3. The minimum Gasteiger partial charge on any atom is -0.308 e. The van der Waals surface area contributed by atoms with Crippen LogP contribution in [0.1, 0.15) is 5.56 Å². The van der Waals surface area contributed by atoms with Crippen LogP contribution in [0.3, 0.4) is 0 Å². The van der Waals surface area contributed by atoms with Crippen molar-refractivity contribution in [2.24, 2.45) is 7.05 Å². The van der Waals surface area contributed by atoms with Gasteiger partial charge in [-0.05, 0) is 37.3 Å². The summed E-state index contributed by atoms with van der Waals surface area (Å²) in [5.74, 6) is 0. The number of amides is 2. The third kappa shape index (κ3) is 3.77. The lowest BCUT2D eigenvalue weighted by atomic mass is 10.2. The Bertz CT molecular complexity index is 1120. The molecule has 2 aromatic heterocycles. The van der Waals surface area contributed by atoms with E-state index in [-0.39, 0.29) is 6.03 Å². The van der Waals surface area contributed by atoms with E-state index in [4.69, 9.17) is 0 Å². The minimum atomic E-state index is -0.307. The Morgan fingerprint density at radius 3 is 2.44 bits per heavy atom. The van der Waals surface area contributed by atoms with Crippen molar-refractivity contribution in [3.8, 4) is 11.3 Å². The Labute approximate surface area is 156 Å². The Hall–Kier alpha value is -3.74. The summed E-state index contributed by atoms with van der Waals surface area (Å²) in [6.07, 6.45) is 5.35. The molecule has 0 spiro atoms. The van der Waals surface area contributed by atoms with Crippen molar-refractivity contribution in [1.82, 2.24) is 19.7 Å². The van der Waals surface area contributed by atoms with Crippen LogP contribution in [0, 0.1) is 6.92 Å². The summed E-state index contributed by atoms with van der Waals surface area (Å²) < 4.78 is 1.72. The van der Waals surface area contributed by atoms with E-state index in [1.165, 1.54) is 0 Å². The summed E-state index contributed by atoms with van der Waals surface area (Å²) >= 11 is 0. The molecule has 0 bridgehead atoms. The van der Waals surface area contributed by atoms with Crippen LogP contribution in [0.4, 0.5) is 16.2 Å². The molecular weight excluding hydrogens is 340 g/mol. The predicted octanol–water partition coefficient (Wildman–Crippen LogP) is 3.98. The van der Waals surface area contributed by atoms with Gasteiger partial charge in [0.1, 0.15) is 0 Å². The molecule has 0 aliphatic carbocycles. The molecule has 0 radical (unpaired) electrons. The van der Waals surface area contributed by atoms with Crippen molar-refractivity contribution >= 4 is 28.4 Å². The van der Waals surface area contributed by atoms with Gasteiger partial charge in [0.15, 0.2) is 0 Å². The third-order valence-electron chi connectivity index (χ3n) is 4.11. The molecule has 0 saturated carbocycles. The number of anilines is 2. The van der Waals surface area contributed by atoms with E-state index in [1.54, 1.807) is 29.2 Å². The molecular formula is C20H18N6O. The van der Waals surface area contributed by atoms with E-state index in [1.807, 2.05) is 50.5 Å². The van der Waals surface area contributed by atoms with E-state index < -0.39 is 0 Å². The highest BCUT2D eigenvalue weighted by atomic mass is 16.2. The van der Waals surface area contributed by atoms with E-state index in [2.05, 4.69) is 25.7 Å². The van der Waals surface area contributed by atoms with E-state index >= 15 is 0 Å². The predicted molar refractivity (Wildman–Crippen MR) is 106 cm³/mol. The molecule has 4 rings (SSSR count). The van der Waals surface area contributed by atoms with Crippen LogP contribution >= 0.6 is 0 Å². The maximum absolute atomic E-state index is 12.2. The Kier molecular flexibility index (Phi) is 4.25. The van der Waals surface area contributed by atoms with Gasteiger partial charge in [-0.2, -0.15) is 5.10 Å². The van der Waals surface area contributed by atoms with Gasteiger partial charge in [-0.3, -0.25) is 9.67 Å². The molecule has 4 aromatic rings. The zero-order valence-electron chi connectivity index (χ0n) is 15.0. The number of hydrogen-bond donors (Lipinski definition) is 2. The van der Waals surface area contributed by atoms with Gasteiger partial charge in [-0.15, -0.1) is 0 Å². The number of aromatic nitrogens is 4. The summed E-state index contributed by atoms with van der Waals surface area (Å²) in [5.41, 5.74) is 5.65. The molecule has 0 saturated heterocycles.